The van der Waals surface area contributed by atoms with Gasteiger partial charge in [-0.1, -0.05) is 0 Å². The molecule has 0 saturated carbocycles. The van der Waals surface area contributed by atoms with Crippen molar-refractivity contribution in [1.29, 1.82) is 0 Å². The van der Waals surface area contributed by atoms with Gasteiger partial charge in [-0.3, -0.25) is 0 Å². The minimum atomic E-state index is -0.556. The first-order valence-electron chi connectivity index (χ1n) is 4.87. The Bertz CT molecular complexity index is 343. The molecule has 2 unspecified atom stereocenters. The quantitative estimate of drug-likeness (QED) is 0.766. The molecule has 0 aliphatic heterocycles. The molecule has 82 valence electrons. The zero-order valence-corrected chi connectivity index (χ0v) is 8.86. The molecule has 15 heavy (non-hydrogen) atoms. The van der Waals surface area contributed by atoms with E-state index in [9.17, 15) is 5.11 Å². The van der Waals surface area contributed by atoms with Gasteiger partial charge in [0.1, 0.15) is 11.5 Å². The van der Waals surface area contributed by atoms with Gasteiger partial charge in [-0.2, -0.15) is 0 Å². The van der Waals surface area contributed by atoms with Crippen molar-refractivity contribution in [1.82, 2.24) is 0 Å². The van der Waals surface area contributed by atoms with Gasteiger partial charge in [0.2, 0.25) is 0 Å². The molecular formula is C11H15NO3. The molecule has 0 bridgehead atoms. The summed E-state index contributed by atoms with van der Waals surface area (Å²) in [4.78, 5) is 0. The van der Waals surface area contributed by atoms with Gasteiger partial charge in [-0.15, -0.1) is 0 Å². The van der Waals surface area contributed by atoms with E-state index < -0.39 is 6.10 Å². The monoisotopic (exact) mass is 209 g/mol. The highest BCUT2D eigenvalue weighted by molar-refractivity contribution is 5.54. The summed E-state index contributed by atoms with van der Waals surface area (Å²) in [6.07, 6.45) is -0.0356. The largest absolute Gasteiger partial charge is 0.496 e. The standard InChI is InChI=1S/C11H15NO3/c1-14-8-3-4-9(15-2)11-7(13)5-6(12)10(8)11/h3-4,6-7,13H,5,12H2,1-2H3. The van der Waals surface area contributed by atoms with E-state index >= 15 is 0 Å². The Kier molecular flexibility index (Phi) is 2.54. The zero-order valence-electron chi connectivity index (χ0n) is 8.86. The third-order valence-electron chi connectivity index (χ3n) is 2.83. The molecule has 1 aliphatic rings. The van der Waals surface area contributed by atoms with Crippen LogP contribution in [0.25, 0.3) is 0 Å². The van der Waals surface area contributed by atoms with Crippen LogP contribution in [-0.4, -0.2) is 19.3 Å². The van der Waals surface area contributed by atoms with Crippen LogP contribution in [0.5, 0.6) is 11.5 Å². The molecule has 1 aliphatic carbocycles. The normalized spacial score (nSPS) is 23.7. The Labute approximate surface area is 88.6 Å². The fraction of sp³-hybridized carbons (Fsp3) is 0.455. The summed E-state index contributed by atoms with van der Waals surface area (Å²) >= 11 is 0. The van der Waals surface area contributed by atoms with Gasteiger partial charge in [0.25, 0.3) is 0 Å². The number of hydrogen-bond donors (Lipinski definition) is 2. The Morgan fingerprint density at radius 2 is 1.73 bits per heavy atom. The third-order valence-corrected chi connectivity index (χ3v) is 2.83. The van der Waals surface area contributed by atoms with Crippen molar-refractivity contribution in [2.24, 2.45) is 5.73 Å². The molecule has 4 nitrogen and oxygen atoms in total. The lowest BCUT2D eigenvalue weighted by Crippen LogP contribution is -2.07. The minimum absolute atomic E-state index is 0.181. The number of ether oxygens (including phenoxy) is 2. The molecule has 0 fully saturated rings. The fourth-order valence-electron chi connectivity index (χ4n) is 2.15. The van der Waals surface area contributed by atoms with E-state index in [-0.39, 0.29) is 6.04 Å². The summed E-state index contributed by atoms with van der Waals surface area (Å²) in [7, 11) is 3.18. The van der Waals surface area contributed by atoms with Gasteiger partial charge in [-0.25, -0.2) is 0 Å². The number of fused-ring (bicyclic) bond motifs is 1. The van der Waals surface area contributed by atoms with Crippen LogP contribution in [0, 0.1) is 0 Å². The van der Waals surface area contributed by atoms with E-state index in [0.29, 0.717) is 12.2 Å². The Morgan fingerprint density at radius 1 is 1.20 bits per heavy atom. The van der Waals surface area contributed by atoms with Gasteiger partial charge in [-0.05, 0) is 18.6 Å². The van der Waals surface area contributed by atoms with E-state index in [2.05, 4.69) is 0 Å². The highest BCUT2D eigenvalue weighted by atomic mass is 16.5. The molecule has 0 saturated heterocycles. The first-order chi connectivity index (χ1) is 7.19. The predicted octanol–water partition coefficient (Wildman–Crippen LogP) is 1.14. The van der Waals surface area contributed by atoms with Crippen LogP contribution in [0.15, 0.2) is 12.1 Å². The minimum Gasteiger partial charge on any atom is -0.496 e. The van der Waals surface area contributed by atoms with Gasteiger partial charge in [0.05, 0.1) is 20.3 Å². The second-order valence-electron chi connectivity index (χ2n) is 3.66. The SMILES string of the molecule is COc1ccc(OC)c2c1C(N)CC2O. The highest BCUT2D eigenvalue weighted by Gasteiger charge is 2.33. The zero-order chi connectivity index (χ0) is 11.0. The van der Waals surface area contributed by atoms with Crippen LogP contribution in [0.3, 0.4) is 0 Å². The number of aliphatic hydroxyl groups is 1. The van der Waals surface area contributed by atoms with Gasteiger partial charge >= 0.3 is 0 Å². The Morgan fingerprint density at radius 3 is 2.27 bits per heavy atom. The number of hydrogen-bond acceptors (Lipinski definition) is 4. The Hall–Kier alpha value is -1.26. The van der Waals surface area contributed by atoms with Crippen molar-refractivity contribution >= 4 is 0 Å². The average Bonchev–Trinajstić information content (AvgIpc) is 2.54. The van der Waals surface area contributed by atoms with Crippen molar-refractivity contribution in [2.75, 3.05) is 14.2 Å². The fourth-order valence-corrected chi connectivity index (χ4v) is 2.15. The number of nitrogens with two attached hydrogens (primary N) is 1. The third kappa shape index (κ3) is 1.46. The molecule has 0 spiro atoms. The van der Waals surface area contributed by atoms with Crippen molar-refractivity contribution < 1.29 is 14.6 Å². The number of methoxy groups -OCH3 is 2. The smallest absolute Gasteiger partial charge is 0.125 e. The van der Waals surface area contributed by atoms with E-state index in [0.717, 1.165) is 16.9 Å². The molecule has 2 rings (SSSR count). The van der Waals surface area contributed by atoms with E-state index in [1.165, 1.54) is 0 Å². The molecule has 3 N–H and O–H groups in total. The topological polar surface area (TPSA) is 64.7 Å². The molecule has 0 amide bonds. The van der Waals surface area contributed by atoms with Crippen molar-refractivity contribution in [3.63, 3.8) is 0 Å². The van der Waals surface area contributed by atoms with Crippen LogP contribution in [0.1, 0.15) is 29.7 Å². The number of benzene rings is 1. The predicted molar refractivity (Wildman–Crippen MR) is 56.1 cm³/mol. The maximum atomic E-state index is 9.87. The van der Waals surface area contributed by atoms with Crippen molar-refractivity contribution in [2.45, 2.75) is 18.6 Å². The molecular weight excluding hydrogens is 194 g/mol. The number of aliphatic hydroxyl groups excluding tert-OH is 1. The van der Waals surface area contributed by atoms with Gasteiger partial charge in [0.15, 0.2) is 0 Å². The summed E-state index contributed by atoms with van der Waals surface area (Å²) in [5.74, 6) is 1.39. The summed E-state index contributed by atoms with van der Waals surface area (Å²) < 4.78 is 10.4. The van der Waals surface area contributed by atoms with Crippen LogP contribution in [-0.2, 0) is 0 Å². The summed E-state index contributed by atoms with van der Waals surface area (Å²) in [5, 5.41) is 9.87. The van der Waals surface area contributed by atoms with Gasteiger partial charge < -0.3 is 20.3 Å². The highest BCUT2D eigenvalue weighted by Crippen LogP contribution is 2.46. The molecule has 1 aromatic rings. The molecule has 2 atom stereocenters. The van der Waals surface area contributed by atoms with Crippen LogP contribution in [0.2, 0.25) is 0 Å². The maximum Gasteiger partial charge on any atom is 0.125 e. The first kappa shape index (κ1) is 10.3. The van der Waals surface area contributed by atoms with E-state index in [1.807, 2.05) is 6.07 Å². The van der Waals surface area contributed by atoms with Crippen molar-refractivity contribution in [3.8, 4) is 11.5 Å². The van der Waals surface area contributed by atoms with Crippen molar-refractivity contribution in [3.05, 3.63) is 23.3 Å². The summed E-state index contributed by atoms with van der Waals surface area (Å²) in [5.41, 5.74) is 7.57. The molecule has 0 radical (unpaired) electrons. The second kappa shape index (κ2) is 3.72. The Balaban J connectivity index is 2.62. The van der Waals surface area contributed by atoms with E-state index in [1.54, 1.807) is 20.3 Å². The van der Waals surface area contributed by atoms with Crippen LogP contribution in [0.4, 0.5) is 0 Å². The second-order valence-corrected chi connectivity index (χ2v) is 3.66. The lowest BCUT2D eigenvalue weighted by Gasteiger charge is -2.14. The lowest BCUT2D eigenvalue weighted by atomic mass is 10.1. The van der Waals surface area contributed by atoms with Crippen LogP contribution >= 0.6 is 0 Å². The van der Waals surface area contributed by atoms with E-state index in [4.69, 9.17) is 15.2 Å². The maximum absolute atomic E-state index is 9.87. The molecule has 1 aromatic carbocycles. The molecule has 4 heteroatoms. The molecule has 0 aromatic heterocycles. The summed E-state index contributed by atoms with van der Waals surface area (Å²) in [6.45, 7) is 0. The van der Waals surface area contributed by atoms with Crippen LogP contribution < -0.4 is 15.2 Å². The average molecular weight is 209 g/mol. The summed E-state index contributed by atoms with van der Waals surface area (Å²) in [6, 6.07) is 3.43. The first-order valence-corrected chi connectivity index (χ1v) is 4.87. The molecule has 0 heterocycles. The number of rotatable bonds is 2. The lowest BCUT2D eigenvalue weighted by molar-refractivity contribution is 0.170. The van der Waals surface area contributed by atoms with Gasteiger partial charge in [0, 0.05) is 17.2 Å².